The van der Waals surface area contributed by atoms with E-state index in [1.807, 2.05) is 78.2 Å². The summed E-state index contributed by atoms with van der Waals surface area (Å²) in [5, 5.41) is 6.93. The quantitative estimate of drug-likeness (QED) is 0.233. The molecule has 5 nitrogen and oxygen atoms in total. The number of amides is 1. The number of esters is 1. The van der Waals surface area contributed by atoms with Crippen LogP contribution < -0.4 is 5.32 Å². The summed E-state index contributed by atoms with van der Waals surface area (Å²) in [5.74, 6) is -1.01. The number of benzene rings is 3. The molecule has 2 unspecified atom stereocenters. The Labute approximate surface area is 231 Å². The van der Waals surface area contributed by atoms with Crippen molar-refractivity contribution in [3.63, 3.8) is 0 Å². The van der Waals surface area contributed by atoms with Gasteiger partial charge < -0.3 is 10.1 Å². The van der Waals surface area contributed by atoms with Crippen molar-refractivity contribution in [3.05, 3.63) is 118 Å². The van der Waals surface area contributed by atoms with Crippen LogP contribution >= 0.6 is 23.1 Å². The molecule has 1 aromatic heterocycles. The highest BCUT2D eigenvalue weighted by Crippen LogP contribution is 2.23. The van der Waals surface area contributed by atoms with Crippen molar-refractivity contribution in [3.8, 4) is 11.1 Å². The molecule has 3 aromatic carbocycles. The van der Waals surface area contributed by atoms with Crippen LogP contribution in [0.1, 0.15) is 21.5 Å². The third-order valence-corrected chi connectivity index (χ3v) is 7.92. The fourth-order valence-electron chi connectivity index (χ4n) is 4.08. The predicted molar refractivity (Wildman–Crippen MR) is 154 cm³/mol. The van der Waals surface area contributed by atoms with Crippen LogP contribution in [0.4, 0.5) is 0 Å². The van der Waals surface area contributed by atoms with Gasteiger partial charge in [-0.2, -0.15) is 11.3 Å². The van der Waals surface area contributed by atoms with Gasteiger partial charge in [0.2, 0.25) is 11.0 Å². The van der Waals surface area contributed by atoms with Crippen LogP contribution in [-0.2, 0) is 27.2 Å². The van der Waals surface area contributed by atoms with Crippen molar-refractivity contribution >= 4 is 40.1 Å². The predicted octanol–water partition coefficient (Wildman–Crippen LogP) is 6.05. The minimum Gasteiger partial charge on any atom is -0.467 e. The van der Waals surface area contributed by atoms with Gasteiger partial charge in [-0.25, -0.2) is 4.79 Å². The second-order valence-corrected chi connectivity index (χ2v) is 10.6. The molecule has 38 heavy (non-hydrogen) atoms. The molecule has 2 atom stereocenters. The van der Waals surface area contributed by atoms with E-state index in [4.69, 9.17) is 4.74 Å². The van der Waals surface area contributed by atoms with E-state index in [0.717, 1.165) is 34.0 Å². The van der Waals surface area contributed by atoms with Gasteiger partial charge in [-0.15, -0.1) is 0 Å². The number of carbonyl (C=O) groups is 3. The first-order valence-corrected chi connectivity index (χ1v) is 14.2. The molecule has 0 aliphatic carbocycles. The second kappa shape index (κ2) is 13.7. The highest BCUT2D eigenvalue weighted by molar-refractivity contribution is 8.14. The van der Waals surface area contributed by atoms with Crippen molar-refractivity contribution in [2.24, 2.45) is 5.92 Å². The van der Waals surface area contributed by atoms with E-state index in [0.29, 0.717) is 18.4 Å². The number of carbonyl (C=O) groups excluding carboxylic acids is 3. The van der Waals surface area contributed by atoms with E-state index < -0.39 is 17.9 Å². The summed E-state index contributed by atoms with van der Waals surface area (Å²) < 4.78 is 5.01. The third kappa shape index (κ3) is 7.66. The van der Waals surface area contributed by atoms with Crippen LogP contribution in [0.25, 0.3) is 11.1 Å². The van der Waals surface area contributed by atoms with Crippen LogP contribution in [0.2, 0.25) is 0 Å². The van der Waals surface area contributed by atoms with E-state index in [9.17, 15) is 14.4 Å². The fraction of sp³-hybridized carbons (Fsp3) is 0.194. The lowest BCUT2D eigenvalue weighted by Gasteiger charge is -2.21. The van der Waals surface area contributed by atoms with Crippen LogP contribution in [0.3, 0.4) is 0 Å². The molecule has 0 aliphatic rings. The average molecular weight is 544 g/mol. The first-order chi connectivity index (χ1) is 18.5. The van der Waals surface area contributed by atoms with Crippen LogP contribution in [0.15, 0.2) is 102 Å². The van der Waals surface area contributed by atoms with E-state index >= 15 is 0 Å². The molecule has 194 valence electrons. The maximum Gasteiger partial charge on any atom is 0.328 e. The summed E-state index contributed by atoms with van der Waals surface area (Å²) in [6, 6.07) is 27.9. The highest BCUT2D eigenvalue weighted by atomic mass is 32.2. The molecular formula is C31H29NO4S2. The van der Waals surface area contributed by atoms with Crippen molar-refractivity contribution < 1.29 is 19.1 Å². The minimum atomic E-state index is -0.840. The molecule has 0 bridgehead atoms. The SMILES string of the molecule is COC(=O)C(Cc1ccc(-c2ccsc2)cc1)NC(=O)C(CSC(=O)c1ccccc1)Cc1ccccc1. The Hall–Kier alpha value is -3.68. The van der Waals surface area contributed by atoms with E-state index in [2.05, 4.69) is 16.8 Å². The van der Waals surface area contributed by atoms with Crippen LogP contribution in [-0.4, -0.2) is 35.9 Å². The highest BCUT2D eigenvalue weighted by Gasteiger charge is 2.27. The zero-order valence-electron chi connectivity index (χ0n) is 21.0. The van der Waals surface area contributed by atoms with Gasteiger partial charge in [-0.1, -0.05) is 96.7 Å². The molecule has 0 saturated heterocycles. The number of thioether (sulfide) groups is 1. The third-order valence-electron chi connectivity index (χ3n) is 6.17. The van der Waals surface area contributed by atoms with Gasteiger partial charge in [-0.05, 0) is 45.5 Å². The molecule has 7 heteroatoms. The smallest absolute Gasteiger partial charge is 0.328 e. The van der Waals surface area contributed by atoms with Crippen LogP contribution in [0, 0.1) is 5.92 Å². The molecule has 4 rings (SSSR count). The Bertz CT molecular complexity index is 1320. The lowest BCUT2D eigenvalue weighted by molar-refractivity contribution is -0.145. The first kappa shape index (κ1) is 27.4. The molecular weight excluding hydrogens is 514 g/mol. The van der Waals surface area contributed by atoms with Crippen molar-refractivity contribution in [1.29, 1.82) is 0 Å². The molecule has 1 N–H and O–H groups in total. The zero-order valence-corrected chi connectivity index (χ0v) is 22.7. The maximum absolute atomic E-state index is 13.5. The number of ether oxygens (including phenoxy) is 1. The number of methoxy groups -OCH3 is 1. The van der Waals surface area contributed by atoms with E-state index in [1.54, 1.807) is 23.5 Å². The standard InChI is InChI=1S/C31H29NO4S2/c1-36-30(34)28(19-23-12-14-24(15-13-23)26-16-17-37-20-26)32-29(33)27(18-22-8-4-2-5-9-22)21-38-31(35)25-10-6-3-7-11-25/h2-17,20,27-28H,18-19,21H2,1H3,(H,32,33). The van der Waals surface area contributed by atoms with Gasteiger partial charge in [-0.3, -0.25) is 9.59 Å². The Morgan fingerprint density at radius 3 is 2.11 bits per heavy atom. The Balaban J connectivity index is 1.46. The van der Waals surface area contributed by atoms with Gasteiger partial charge in [0.25, 0.3) is 0 Å². The monoisotopic (exact) mass is 543 g/mol. The lowest BCUT2D eigenvalue weighted by Crippen LogP contribution is -2.46. The molecule has 0 aliphatic heterocycles. The molecule has 0 radical (unpaired) electrons. The van der Waals surface area contributed by atoms with Gasteiger partial charge in [0.15, 0.2) is 0 Å². The summed E-state index contributed by atoms with van der Waals surface area (Å²) >= 11 is 2.75. The Morgan fingerprint density at radius 2 is 1.47 bits per heavy atom. The maximum atomic E-state index is 13.5. The minimum absolute atomic E-state index is 0.0910. The summed E-state index contributed by atoms with van der Waals surface area (Å²) in [6.45, 7) is 0. The molecule has 1 amide bonds. The van der Waals surface area contributed by atoms with Crippen molar-refractivity contribution in [1.82, 2.24) is 5.32 Å². The number of hydrogen-bond acceptors (Lipinski definition) is 6. The number of rotatable bonds is 11. The topological polar surface area (TPSA) is 72.5 Å². The fourth-order valence-corrected chi connectivity index (χ4v) is 5.67. The summed E-state index contributed by atoms with van der Waals surface area (Å²) in [6.07, 6.45) is 0.751. The Morgan fingerprint density at radius 1 is 0.816 bits per heavy atom. The molecule has 1 heterocycles. The molecule has 0 saturated carbocycles. The van der Waals surface area contributed by atoms with Gasteiger partial charge in [0.05, 0.1) is 13.0 Å². The van der Waals surface area contributed by atoms with Gasteiger partial charge in [0, 0.05) is 17.7 Å². The summed E-state index contributed by atoms with van der Waals surface area (Å²) in [7, 11) is 1.32. The molecule has 0 fully saturated rings. The van der Waals surface area contributed by atoms with E-state index in [-0.39, 0.29) is 16.8 Å². The zero-order chi connectivity index (χ0) is 26.7. The number of nitrogens with one attached hydrogen (secondary N) is 1. The second-order valence-electron chi connectivity index (χ2n) is 8.85. The number of thiophene rings is 1. The number of hydrogen-bond donors (Lipinski definition) is 1. The molecule has 0 spiro atoms. The van der Waals surface area contributed by atoms with Gasteiger partial charge >= 0.3 is 5.97 Å². The summed E-state index contributed by atoms with van der Waals surface area (Å²) in [5.41, 5.74) is 4.73. The normalized spacial score (nSPS) is 12.3. The largest absolute Gasteiger partial charge is 0.467 e. The van der Waals surface area contributed by atoms with Crippen molar-refractivity contribution in [2.45, 2.75) is 18.9 Å². The summed E-state index contributed by atoms with van der Waals surface area (Å²) in [4.78, 5) is 38.8. The van der Waals surface area contributed by atoms with Crippen molar-refractivity contribution in [2.75, 3.05) is 12.9 Å². The van der Waals surface area contributed by atoms with E-state index in [1.165, 1.54) is 7.11 Å². The first-order valence-electron chi connectivity index (χ1n) is 12.3. The average Bonchev–Trinajstić information content (AvgIpc) is 3.51. The Kier molecular flexibility index (Phi) is 9.90. The van der Waals surface area contributed by atoms with Gasteiger partial charge in [0.1, 0.15) is 6.04 Å². The molecule has 4 aromatic rings. The lowest BCUT2D eigenvalue weighted by atomic mass is 9.98. The van der Waals surface area contributed by atoms with Crippen LogP contribution in [0.5, 0.6) is 0 Å².